The quantitative estimate of drug-likeness (QED) is 0.777. The minimum atomic E-state index is -0.419. The van der Waals surface area contributed by atoms with Crippen LogP contribution in [0.1, 0.15) is 38.2 Å². The first-order valence-corrected chi connectivity index (χ1v) is 9.89. The van der Waals surface area contributed by atoms with Gasteiger partial charge < -0.3 is 15.4 Å². The summed E-state index contributed by atoms with van der Waals surface area (Å²) in [6.45, 7) is 5.99. The van der Waals surface area contributed by atoms with E-state index in [-0.39, 0.29) is 30.7 Å². The minimum absolute atomic E-state index is 0. The highest BCUT2D eigenvalue weighted by Crippen LogP contribution is 2.33. The molecule has 2 aliphatic heterocycles. The van der Waals surface area contributed by atoms with Gasteiger partial charge in [0, 0.05) is 52.0 Å². The van der Waals surface area contributed by atoms with Gasteiger partial charge in [-0.2, -0.15) is 0 Å². The number of benzene rings is 1. The number of piperidine rings is 1. The van der Waals surface area contributed by atoms with Gasteiger partial charge in [-0.15, -0.1) is 24.8 Å². The van der Waals surface area contributed by atoms with Crippen LogP contribution in [0.2, 0.25) is 0 Å². The molecule has 0 bridgehead atoms. The molecule has 0 saturated carbocycles. The average Bonchev–Trinajstić information content (AvgIpc) is 2.69. The number of hydrogen-bond acceptors (Lipinski definition) is 4. The summed E-state index contributed by atoms with van der Waals surface area (Å²) in [7, 11) is 1.97. The van der Waals surface area contributed by atoms with Gasteiger partial charge in [0.25, 0.3) is 0 Å². The van der Waals surface area contributed by atoms with E-state index in [4.69, 9.17) is 10.5 Å². The van der Waals surface area contributed by atoms with Crippen molar-refractivity contribution < 1.29 is 9.53 Å². The SMILES string of the molecule is CC1CC(N(C)C(=O)C2(CN)CCOCC2)CCN1Cc1ccccc1.Cl.Cl. The fourth-order valence-corrected chi connectivity index (χ4v) is 4.41. The largest absolute Gasteiger partial charge is 0.381 e. The van der Waals surface area contributed by atoms with Gasteiger partial charge in [0.1, 0.15) is 0 Å². The van der Waals surface area contributed by atoms with Crippen molar-refractivity contribution in [1.82, 2.24) is 9.80 Å². The van der Waals surface area contributed by atoms with Crippen LogP contribution >= 0.6 is 24.8 Å². The maximum Gasteiger partial charge on any atom is 0.230 e. The minimum Gasteiger partial charge on any atom is -0.381 e. The summed E-state index contributed by atoms with van der Waals surface area (Å²) in [5, 5.41) is 0. The van der Waals surface area contributed by atoms with Crippen LogP contribution < -0.4 is 5.73 Å². The first-order valence-electron chi connectivity index (χ1n) is 9.89. The summed E-state index contributed by atoms with van der Waals surface area (Å²) in [5.41, 5.74) is 6.96. The van der Waals surface area contributed by atoms with Gasteiger partial charge in [-0.25, -0.2) is 0 Å². The third-order valence-corrected chi connectivity index (χ3v) is 6.38. The lowest BCUT2D eigenvalue weighted by Gasteiger charge is -2.45. The molecule has 2 atom stereocenters. The van der Waals surface area contributed by atoms with Crippen LogP contribution in [-0.4, -0.2) is 61.1 Å². The Morgan fingerprint density at radius 1 is 1.25 bits per heavy atom. The molecule has 2 unspecified atom stereocenters. The Kier molecular flexibility index (Phi) is 10.2. The summed E-state index contributed by atoms with van der Waals surface area (Å²) in [5.74, 6) is 0.219. The molecule has 28 heavy (non-hydrogen) atoms. The smallest absolute Gasteiger partial charge is 0.230 e. The van der Waals surface area contributed by atoms with Gasteiger partial charge in [-0.3, -0.25) is 9.69 Å². The number of nitrogens with zero attached hydrogens (tertiary/aromatic N) is 2. The van der Waals surface area contributed by atoms with Crippen molar-refractivity contribution in [3.63, 3.8) is 0 Å². The Morgan fingerprint density at radius 2 is 1.89 bits per heavy atom. The highest BCUT2D eigenvalue weighted by atomic mass is 35.5. The zero-order valence-corrected chi connectivity index (χ0v) is 18.6. The van der Waals surface area contributed by atoms with E-state index in [1.807, 2.05) is 11.9 Å². The molecule has 2 heterocycles. The highest BCUT2D eigenvalue weighted by Gasteiger charge is 2.42. The molecule has 2 aliphatic rings. The molecule has 5 nitrogen and oxygen atoms in total. The first-order chi connectivity index (χ1) is 12.6. The van der Waals surface area contributed by atoms with E-state index in [1.54, 1.807) is 0 Å². The van der Waals surface area contributed by atoms with E-state index in [9.17, 15) is 4.79 Å². The summed E-state index contributed by atoms with van der Waals surface area (Å²) in [4.78, 5) is 17.7. The Bertz CT molecular complexity index is 597. The average molecular weight is 432 g/mol. The van der Waals surface area contributed by atoms with Crippen LogP contribution in [0.5, 0.6) is 0 Å². The molecule has 2 saturated heterocycles. The number of hydrogen-bond donors (Lipinski definition) is 1. The Labute approximate surface area is 181 Å². The van der Waals surface area contributed by atoms with Gasteiger partial charge in [-0.05, 0) is 38.2 Å². The Hall–Kier alpha value is -0.850. The number of halogens is 2. The molecule has 3 rings (SSSR count). The second-order valence-corrected chi connectivity index (χ2v) is 8.00. The molecule has 1 aromatic carbocycles. The van der Waals surface area contributed by atoms with E-state index in [1.165, 1.54) is 5.56 Å². The van der Waals surface area contributed by atoms with Gasteiger partial charge >= 0.3 is 0 Å². The van der Waals surface area contributed by atoms with Crippen LogP contribution in [0.3, 0.4) is 0 Å². The topological polar surface area (TPSA) is 58.8 Å². The number of carbonyl (C=O) groups is 1. The van der Waals surface area contributed by atoms with E-state index in [0.29, 0.717) is 31.8 Å². The van der Waals surface area contributed by atoms with Crippen LogP contribution in [0.15, 0.2) is 30.3 Å². The van der Waals surface area contributed by atoms with Gasteiger partial charge in [-0.1, -0.05) is 30.3 Å². The van der Waals surface area contributed by atoms with E-state index in [2.05, 4.69) is 42.2 Å². The van der Waals surface area contributed by atoms with Crippen molar-refractivity contribution in [2.75, 3.05) is 33.4 Å². The second kappa shape index (κ2) is 11.4. The van der Waals surface area contributed by atoms with E-state index in [0.717, 1.165) is 38.8 Å². The summed E-state index contributed by atoms with van der Waals surface area (Å²) in [6.07, 6.45) is 3.53. The highest BCUT2D eigenvalue weighted by molar-refractivity contribution is 5.85. The molecular formula is C21H35Cl2N3O2. The monoisotopic (exact) mass is 431 g/mol. The molecule has 2 N–H and O–H groups in total. The number of likely N-dealkylation sites (tertiary alicyclic amines) is 1. The molecule has 0 aromatic heterocycles. The van der Waals surface area contributed by atoms with Crippen molar-refractivity contribution in [3.05, 3.63) is 35.9 Å². The van der Waals surface area contributed by atoms with Gasteiger partial charge in [0.2, 0.25) is 5.91 Å². The molecule has 0 aliphatic carbocycles. The third kappa shape index (κ3) is 5.61. The van der Waals surface area contributed by atoms with Gasteiger partial charge in [0.15, 0.2) is 0 Å². The van der Waals surface area contributed by atoms with Crippen molar-refractivity contribution >= 4 is 30.7 Å². The van der Waals surface area contributed by atoms with E-state index >= 15 is 0 Å². The van der Waals surface area contributed by atoms with Crippen LogP contribution in [0.4, 0.5) is 0 Å². The van der Waals surface area contributed by atoms with Crippen molar-refractivity contribution in [2.24, 2.45) is 11.1 Å². The molecule has 2 fully saturated rings. The fraction of sp³-hybridized carbons (Fsp3) is 0.667. The van der Waals surface area contributed by atoms with Crippen LogP contribution in [0.25, 0.3) is 0 Å². The standard InChI is InChI=1S/C21H33N3O2.2ClH/c1-17-14-19(8-11-24(17)15-18-6-4-3-5-7-18)23(2)20(25)21(16-22)9-12-26-13-10-21;;/h3-7,17,19H,8-16,22H2,1-2H3;2*1H. The third-order valence-electron chi connectivity index (χ3n) is 6.38. The van der Waals surface area contributed by atoms with Crippen LogP contribution in [0, 0.1) is 5.41 Å². The van der Waals surface area contributed by atoms with Gasteiger partial charge in [0.05, 0.1) is 5.41 Å². The molecule has 1 amide bonds. The number of carbonyl (C=O) groups excluding carboxylic acids is 1. The molecule has 160 valence electrons. The summed E-state index contributed by atoms with van der Waals surface area (Å²) < 4.78 is 5.46. The molecule has 7 heteroatoms. The summed E-state index contributed by atoms with van der Waals surface area (Å²) in [6, 6.07) is 11.4. The number of nitrogens with two attached hydrogens (primary N) is 1. The molecule has 0 radical (unpaired) electrons. The normalized spacial score (nSPS) is 24.5. The summed E-state index contributed by atoms with van der Waals surface area (Å²) >= 11 is 0. The zero-order valence-electron chi connectivity index (χ0n) is 17.0. The maximum atomic E-state index is 13.2. The second-order valence-electron chi connectivity index (χ2n) is 8.00. The van der Waals surface area contributed by atoms with Crippen molar-refractivity contribution in [1.29, 1.82) is 0 Å². The zero-order chi connectivity index (χ0) is 18.6. The fourth-order valence-electron chi connectivity index (χ4n) is 4.41. The first kappa shape index (κ1) is 25.2. The lowest BCUT2D eigenvalue weighted by Crippen LogP contribution is -2.55. The number of amides is 1. The maximum absolute atomic E-state index is 13.2. The van der Waals surface area contributed by atoms with Crippen molar-refractivity contribution in [3.8, 4) is 0 Å². The Morgan fingerprint density at radius 3 is 2.46 bits per heavy atom. The Balaban J connectivity index is 0.00000196. The lowest BCUT2D eigenvalue weighted by atomic mass is 9.78. The molecule has 1 aromatic rings. The number of rotatable bonds is 5. The predicted octanol–water partition coefficient (Wildman–Crippen LogP) is 3.10. The molecule has 0 spiro atoms. The van der Waals surface area contributed by atoms with E-state index < -0.39 is 5.41 Å². The number of ether oxygens (including phenoxy) is 1. The lowest BCUT2D eigenvalue weighted by molar-refractivity contribution is -0.149. The van der Waals surface area contributed by atoms with Crippen molar-refractivity contribution in [2.45, 2.75) is 51.2 Å². The van der Waals surface area contributed by atoms with Crippen LogP contribution in [-0.2, 0) is 16.1 Å². The molecular weight excluding hydrogens is 397 g/mol. The predicted molar refractivity (Wildman–Crippen MR) is 118 cm³/mol.